The Hall–Kier alpha value is -3.25. The molecule has 0 unspecified atom stereocenters. The van der Waals surface area contributed by atoms with Crippen molar-refractivity contribution in [2.24, 2.45) is 5.73 Å². The van der Waals surface area contributed by atoms with E-state index in [0.29, 0.717) is 36.4 Å². The molecule has 0 bridgehead atoms. The Morgan fingerprint density at radius 1 is 0.900 bits per heavy atom. The van der Waals surface area contributed by atoms with Gasteiger partial charge in [-0.3, -0.25) is 4.79 Å². The van der Waals surface area contributed by atoms with Gasteiger partial charge in [-0.1, -0.05) is 48.5 Å². The van der Waals surface area contributed by atoms with Crippen molar-refractivity contribution in [2.45, 2.75) is 26.0 Å². The van der Waals surface area contributed by atoms with Crippen LogP contribution in [0.15, 0.2) is 66.7 Å². The molecule has 0 aliphatic heterocycles. The molecule has 0 saturated heterocycles. The summed E-state index contributed by atoms with van der Waals surface area (Å²) in [6.45, 7) is 1.09. The van der Waals surface area contributed by atoms with E-state index < -0.39 is 0 Å². The molecule has 6 heteroatoms. The molecular weight excluding hydrogens is 386 g/mol. The molecule has 30 heavy (non-hydrogen) atoms. The Labute approximate surface area is 174 Å². The maximum atomic E-state index is 14.2. The Morgan fingerprint density at radius 2 is 1.57 bits per heavy atom. The van der Waals surface area contributed by atoms with Gasteiger partial charge in [-0.05, 0) is 34.9 Å². The average molecular weight is 410 g/mol. The first-order valence-corrected chi connectivity index (χ1v) is 9.73. The van der Waals surface area contributed by atoms with Gasteiger partial charge in [-0.25, -0.2) is 8.78 Å². The summed E-state index contributed by atoms with van der Waals surface area (Å²) in [4.78, 5) is 10.9. The van der Waals surface area contributed by atoms with Crippen LogP contribution < -0.4 is 15.8 Å². The van der Waals surface area contributed by atoms with Gasteiger partial charge in [0.1, 0.15) is 24.0 Å². The third kappa shape index (κ3) is 6.12. The van der Waals surface area contributed by atoms with E-state index in [2.05, 4.69) is 5.32 Å². The SMILES string of the molecule is NC(=O)CCNCc1ccc(OCc2ccccc2F)c(Cc2ccccc2F)c1. The van der Waals surface area contributed by atoms with Gasteiger partial charge in [0.15, 0.2) is 0 Å². The van der Waals surface area contributed by atoms with Gasteiger partial charge in [0.05, 0.1) is 0 Å². The minimum atomic E-state index is -0.361. The molecule has 4 nitrogen and oxygen atoms in total. The lowest BCUT2D eigenvalue weighted by Crippen LogP contribution is -2.21. The summed E-state index contributed by atoms with van der Waals surface area (Å²) in [5.74, 6) is -0.409. The van der Waals surface area contributed by atoms with E-state index in [9.17, 15) is 13.6 Å². The van der Waals surface area contributed by atoms with E-state index in [1.807, 2.05) is 18.2 Å². The molecule has 3 aromatic rings. The zero-order valence-electron chi connectivity index (χ0n) is 16.5. The van der Waals surface area contributed by atoms with Gasteiger partial charge in [0.25, 0.3) is 0 Å². The van der Waals surface area contributed by atoms with Crippen LogP contribution in [0.25, 0.3) is 0 Å². The fourth-order valence-electron chi connectivity index (χ4n) is 3.08. The second kappa shape index (κ2) is 10.5. The highest BCUT2D eigenvalue weighted by molar-refractivity contribution is 5.73. The molecule has 0 aliphatic rings. The molecule has 3 aromatic carbocycles. The van der Waals surface area contributed by atoms with Crippen LogP contribution in [0.4, 0.5) is 8.78 Å². The van der Waals surface area contributed by atoms with Crippen LogP contribution in [0.2, 0.25) is 0 Å². The van der Waals surface area contributed by atoms with E-state index in [-0.39, 0.29) is 30.6 Å². The van der Waals surface area contributed by atoms with E-state index in [1.54, 1.807) is 36.4 Å². The molecule has 3 rings (SSSR count). The highest BCUT2D eigenvalue weighted by Gasteiger charge is 2.11. The van der Waals surface area contributed by atoms with E-state index in [1.165, 1.54) is 12.1 Å². The Bertz CT molecular complexity index is 1010. The molecule has 0 aromatic heterocycles. The fraction of sp³-hybridized carbons (Fsp3) is 0.208. The largest absolute Gasteiger partial charge is 0.489 e. The third-order valence-electron chi connectivity index (χ3n) is 4.68. The van der Waals surface area contributed by atoms with Crippen LogP contribution in [-0.2, 0) is 24.4 Å². The summed E-state index contributed by atoms with van der Waals surface area (Å²) in [5, 5.41) is 3.15. The Kier molecular flexibility index (Phi) is 7.51. The van der Waals surface area contributed by atoms with Crippen molar-refractivity contribution in [3.05, 3.63) is 101 Å². The molecule has 0 fully saturated rings. The first-order chi connectivity index (χ1) is 14.5. The van der Waals surface area contributed by atoms with Crippen LogP contribution in [0.1, 0.15) is 28.7 Å². The van der Waals surface area contributed by atoms with Gasteiger partial charge < -0.3 is 15.8 Å². The van der Waals surface area contributed by atoms with E-state index >= 15 is 0 Å². The summed E-state index contributed by atoms with van der Waals surface area (Å²) in [7, 11) is 0. The first kappa shape index (κ1) is 21.5. The minimum Gasteiger partial charge on any atom is -0.489 e. The Morgan fingerprint density at radius 3 is 2.23 bits per heavy atom. The average Bonchev–Trinajstić information content (AvgIpc) is 2.73. The van der Waals surface area contributed by atoms with Crippen LogP contribution in [0, 0.1) is 11.6 Å². The number of primary amides is 1. The molecule has 0 spiro atoms. The van der Waals surface area contributed by atoms with Crippen molar-refractivity contribution in [3.8, 4) is 5.75 Å². The van der Waals surface area contributed by atoms with Crippen LogP contribution in [0.3, 0.4) is 0 Å². The predicted octanol–water partition coefficient (Wildman–Crippen LogP) is 4.10. The lowest BCUT2D eigenvalue weighted by Gasteiger charge is -2.15. The number of nitrogens with two attached hydrogens (primary N) is 1. The zero-order chi connectivity index (χ0) is 21.3. The standard InChI is InChI=1S/C24H24F2N2O2/c25-21-7-3-1-5-18(21)14-20-13-17(15-28-12-11-24(27)29)9-10-23(20)30-16-19-6-2-4-8-22(19)26/h1-10,13,28H,11-12,14-16H2,(H2,27,29). The van der Waals surface area contributed by atoms with Gasteiger partial charge >= 0.3 is 0 Å². The number of nitrogens with one attached hydrogen (secondary N) is 1. The van der Waals surface area contributed by atoms with Crippen molar-refractivity contribution in [2.75, 3.05) is 6.54 Å². The quantitative estimate of drug-likeness (QED) is 0.495. The highest BCUT2D eigenvalue weighted by atomic mass is 19.1. The zero-order valence-corrected chi connectivity index (χ0v) is 16.5. The van der Waals surface area contributed by atoms with Crippen LogP contribution >= 0.6 is 0 Å². The first-order valence-electron chi connectivity index (χ1n) is 9.73. The molecule has 156 valence electrons. The van der Waals surface area contributed by atoms with Crippen LogP contribution in [-0.4, -0.2) is 12.5 Å². The Balaban J connectivity index is 1.78. The van der Waals surface area contributed by atoms with Gasteiger partial charge in [-0.15, -0.1) is 0 Å². The monoisotopic (exact) mass is 410 g/mol. The molecular formula is C24H24F2N2O2. The van der Waals surface area contributed by atoms with E-state index in [0.717, 1.165) is 11.1 Å². The maximum Gasteiger partial charge on any atom is 0.218 e. The van der Waals surface area contributed by atoms with Gasteiger partial charge in [0, 0.05) is 31.5 Å². The van der Waals surface area contributed by atoms with Crippen molar-refractivity contribution < 1.29 is 18.3 Å². The van der Waals surface area contributed by atoms with Crippen LogP contribution in [0.5, 0.6) is 5.75 Å². The summed E-state index contributed by atoms with van der Waals surface area (Å²) < 4.78 is 34.0. The molecule has 1 amide bonds. The number of hydrogen-bond acceptors (Lipinski definition) is 3. The number of benzene rings is 3. The normalized spacial score (nSPS) is 10.7. The highest BCUT2D eigenvalue weighted by Crippen LogP contribution is 2.26. The number of carbonyl (C=O) groups excluding carboxylic acids is 1. The van der Waals surface area contributed by atoms with Crippen molar-refractivity contribution in [3.63, 3.8) is 0 Å². The van der Waals surface area contributed by atoms with E-state index in [4.69, 9.17) is 10.5 Å². The topological polar surface area (TPSA) is 64.4 Å². The molecule has 0 aliphatic carbocycles. The third-order valence-corrected chi connectivity index (χ3v) is 4.68. The second-order valence-electron chi connectivity index (χ2n) is 6.98. The molecule has 3 N–H and O–H groups in total. The van der Waals surface area contributed by atoms with Crippen molar-refractivity contribution >= 4 is 5.91 Å². The fourth-order valence-corrected chi connectivity index (χ4v) is 3.08. The summed E-state index contributed by atoms with van der Waals surface area (Å²) in [6.07, 6.45) is 0.598. The summed E-state index contributed by atoms with van der Waals surface area (Å²) >= 11 is 0. The van der Waals surface area contributed by atoms with Crippen molar-refractivity contribution in [1.82, 2.24) is 5.32 Å². The number of hydrogen-bond donors (Lipinski definition) is 2. The lowest BCUT2D eigenvalue weighted by molar-refractivity contribution is -0.117. The molecule has 0 saturated carbocycles. The van der Waals surface area contributed by atoms with Gasteiger partial charge in [0.2, 0.25) is 5.91 Å². The second-order valence-corrected chi connectivity index (χ2v) is 6.98. The molecule has 0 radical (unpaired) electrons. The molecule has 0 heterocycles. The number of ether oxygens (including phenoxy) is 1. The maximum absolute atomic E-state index is 14.2. The van der Waals surface area contributed by atoms with Crippen molar-refractivity contribution in [1.29, 1.82) is 0 Å². The van der Waals surface area contributed by atoms with Gasteiger partial charge in [-0.2, -0.15) is 0 Å². The minimum absolute atomic E-state index is 0.0765. The number of carbonyl (C=O) groups is 1. The summed E-state index contributed by atoms with van der Waals surface area (Å²) in [6, 6.07) is 18.6. The number of amides is 1. The summed E-state index contributed by atoms with van der Waals surface area (Å²) in [5.41, 5.74) is 7.91. The predicted molar refractivity (Wildman–Crippen MR) is 112 cm³/mol. The molecule has 0 atom stereocenters. The number of rotatable bonds is 10. The number of halogens is 2. The smallest absolute Gasteiger partial charge is 0.218 e. The lowest BCUT2D eigenvalue weighted by atomic mass is 10.0.